The molecule has 2 rings (SSSR count). The van der Waals surface area contributed by atoms with Gasteiger partial charge in [-0.3, -0.25) is 4.79 Å². The van der Waals surface area contributed by atoms with Crippen LogP contribution in [0.5, 0.6) is 0 Å². The van der Waals surface area contributed by atoms with E-state index in [1.165, 1.54) is 5.56 Å². The second-order valence-electron chi connectivity index (χ2n) is 5.15. The van der Waals surface area contributed by atoms with Gasteiger partial charge in [0.2, 0.25) is 0 Å². The minimum Gasteiger partial charge on any atom is -0.383 e. The van der Waals surface area contributed by atoms with Gasteiger partial charge < -0.3 is 9.30 Å². The van der Waals surface area contributed by atoms with E-state index in [-0.39, 0.29) is 11.4 Å². The second-order valence-corrected chi connectivity index (χ2v) is 5.41. The first-order valence-corrected chi connectivity index (χ1v) is 7.47. The van der Waals surface area contributed by atoms with Crippen molar-refractivity contribution in [1.29, 1.82) is 0 Å². The van der Waals surface area contributed by atoms with Gasteiger partial charge in [-0.1, -0.05) is 29.8 Å². The minimum atomic E-state index is -0.0421. The summed E-state index contributed by atoms with van der Waals surface area (Å²) in [5.41, 5.74) is 4.90. The van der Waals surface area contributed by atoms with Gasteiger partial charge in [0.25, 0.3) is 5.56 Å². The van der Waals surface area contributed by atoms with Gasteiger partial charge in [0.15, 0.2) is 0 Å². The summed E-state index contributed by atoms with van der Waals surface area (Å²) in [6, 6.07) is 10.0. The predicted octanol–water partition coefficient (Wildman–Crippen LogP) is 3.52. The molecular formula is C17H20ClNO2. The molecule has 0 amide bonds. The number of pyridine rings is 1. The normalized spacial score (nSPS) is 10.9. The Kier molecular flexibility index (Phi) is 5.21. The van der Waals surface area contributed by atoms with Crippen LogP contribution in [0, 0.1) is 13.8 Å². The first kappa shape index (κ1) is 15.8. The molecule has 0 unspecified atom stereocenters. The maximum Gasteiger partial charge on any atom is 0.255 e. The third-order valence-corrected chi connectivity index (χ3v) is 3.86. The number of methoxy groups -OCH3 is 1. The lowest BCUT2D eigenvalue weighted by Crippen LogP contribution is -2.26. The van der Waals surface area contributed by atoms with E-state index in [1.54, 1.807) is 11.7 Å². The Morgan fingerprint density at radius 1 is 1.19 bits per heavy atom. The highest BCUT2D eigenvalue weighted by Crippen LogP contribution is 2.23. The van der Waals surface area contributed by atoms with E-state index in [1.807, 2.05) is 12.1 Å². The fourth-order valence-electron chi connectivity index (χ4n) is 2.47. The smallest absolute Gasteiger partial charge is 0.255 e. The van der Waals surface area contributed by atoms with E-state index >= 15 is 0 Å². The molecule has 0 aliphatic carbocycles. The summed E-state index contributed by atoms with van der Waals surface area (Å²) in [5, 5.41) is 0. The molecule has 1 aromatic carbocycles. The molecule has 1 heterocycles. The molecule has 0 bridgehead atoms. The third-order valence-electron chi connectivity index (χ3n) is 3.57. The van der Waals surface area contributed by atoms with Crippen molar-refractivity contribution in [2.75, 3.05) is 13.7 Å². The maximum atomic E-state index is 12.5. The van der Waals surface area contributed by atoms with Crippen molar-refractivity contribution in [2.45, 2.75) is 26.3 Å². The van der Waals surface area contributed by atoms with Crippen LogP contribution >= 0.6 is 11.6 Å². The van der Waals surface area contributed by atoms with E-state index < -0.39 is 0 Å². The number of nitrogens with zero attached hydrogens (tertiary/aromatic N) is 1. The molecule has 2 aromatic rings. The van der Waals surface area contributed by atoms with Gasteiger partial charge in [0.05, 0.1) is 18.2 Å². The topological polar surface area (TPSA) is 31.2 Å². The molecule has 112 valence electrons. The lowest BCUT2D eigenvalue weighted by atomic mass is 10.0. The van der Waals surface area contributed by atoms with Crippen LogP contribution in [0.1, 0.15) is 16.7 Å². The van der Waals surface area contributed by atoms with Gasteiger partial charge in [0, 0.05) is 24.8 Å². The fraction of sp³-hybridized carbons (Fsp3) is 0.353. The van der Waals surface area contributed by atoms with Crippen LogP contribution < -0.4 is 5.56 Å². The molecule has 0 aliphatic heterocycles. The van der Waals surface area contributed by atoms with Gasteiger partial charge in [0.1, 0.15) is 0 Å². The SMILES string of the molecule is COCCn1c(-c2ccc(C)cc2C)ccc(CCl)c1=O. The standard InChI is InChI=1S/C17H20ClNO2/c1-12-4-6-15(13(2)10-12)16-7-5-14(11-18)17(20)19(16)8-9-21-3/h4-7,10H,8-9,11H2,1-3H3. The summed E-state index contributed by atoms with van der Waals surface area (Å²) < 4.78 is 6.87. The van der Waals surface area contributed by atoms with Crippen molar-refractivity contribution in [3.63, 3.8) is 0 Å². The predicted molar refractivity (Wildman–Crippen MR) is 87.0 cm³/mol. The molecule has 21 heavy (non-hydrogen) atoms. The molecule has 4 heteroatoms. The molecule has 0 saturated heterocycles. The summed E-state index contributed by atoms with van der Waals surface area (Å²) >= 11 is 5.84. The van der Waals surface area contributed by atoms with Crippen LogP contribution in [0.3, 0.4) is 0 Å². The molecule has 0 radical (unpaired) electrons. The number of rotatable bonds is 5. The molecule has 0 atom stereocenters. The summed E-state index contributed by atoms with van der Waals surface area (Å²) in [6.45, 7) is 5.13. The number of halogens is 1. The van der Waals surface area contributed by atoms with Gasteiger partial charge in [-0.05, 0) is 25.5 Å². The average molecular weight is 306 g/mol. The number of aromatic nitrogens is 1. The van der Waals surface area contributed by atoms with Crippen molar-refractivity contribution in [2.24, 2.45) is 0 Å². The van der Waals surface area contributed by atoms with Crippen LogP contribution in [0.2, 0.25) is 0 Å². The van der Waals surface area contributed by atoms with Crippen LogP contribution in [-0.2, 0) is 17.2 Å². The Hall–Kier alpha value is -1.58. The lowest BCUT2D eigenvalue weighted by molar-refractivity contribution is 0.186. The first-order valence-electron chi connectivity index (χ1n) is 6.93. The van der Waals surface area contributed by atoms with Crippen molar-refractivity contribution >= 4 is 11.6 Å². The summed E-state index contributed by atoms with van der Waals surface area (Å²) in [6.07, 6.45) is 0. The molecule has 0 N–H and O–H groups in total. The fourth-order valence-corrected chi connectivity index (χ4v) is 2.67. The number of aryl methyl sites for hydroxylation is 2. The number of ether oxygens (including phenoxy) is 1. The van der Waals surface area contributed by atoms with Crippen LogP contribution in [0.15, 0.2) is 35.1 Å². The zero-order chi connectivity index (χ0) is 15.4. The van der Waals surface area contributed by atoms with Crippen LogP contribution in [0.4, 0.5) is 0 Å². The maximum absolute atomic E-state index is 12.5. The molecule has 0 fully saturated rings. The van der Waals surface area contributed by atoms with E-state index in [0.717, 1.165) is 16.8 Å². The highest BCUT2D eigenvalue weighted by molar-refractivity contribution is 6.17. The van der Waals surface area contributed by atoms with E-state index in [2.05, 4.69) is 32.0 Å². The van der Waals surface area contributed by atoms with E-state index in [4.69, 9.17) is 16.3 Å². The second kappa shape index (κ2) is 6.92. The Balaban J connectivity index is 2.61. The zero-order valence-electron chi connectivity index (χ0n) is 12.6. The van der Waals surface area contributed by atoms with Crippen molar-refractivity contribution < 1.29 is 4.74 Å². The van der Waals surface area contributed by atoms with Gasteiger partial charge in [-0.25, -0.2) is 0 Å². The van der Waals surface area contributed by atoms with Crippen molar-refractivity contribution in [3.8, 4) is 11.3 Å². The molecule has 0 spiro atoms. The van der Waals surface area contributed by atoms with Gasteiger partial charge >= 0.3 is 0 Å². The Morgan fingerprint density at radius 3 is 2.57 bits per heavy atom. The third kappa shape index (κ3) is 3.36. The van der Waals surface area contributed by atoms with Crippen LogP contribution in [0.25, 0.3) is 11.3 Å². The quantitative estimate of drug-likeness (QED) is 0.792. The molecule has 1 aromatic heterocycles. The highest BCUT2D eigenvalue weighted by Gasteiger charge is 2.11. The van der Waals surface area contributed by atoms with Gasteiger partial charge in [-0.2, -0.15) is 0 Å². The van der Waals surface area contributed by atoms with E-state index in [9.17, 15) is 4.79 Å². The number of alkyl halides is 1. The molecular weight excluding hydrogens is 286 g/mol. The van der Waals surface area contributed by atoms with Crippen molar-refractivity contribution in [3.05, 3.63) is 57.4 Å². The van der Waals surface area contributed by atoms with E-state index in [0.29, 0.717) is 18.7 Å². The molecule has 0 saturated carbocycles. The monoisotopic (exact) mass is 305 g/mol. The summed E-state index contributed by atoms with van der Waals surface area (Å²) in [4.78, 5) is 12.5. The van der Waals surface area contributed by atoms with Gasteiger partial charge in [-0.15, -0.1) is 11.6 Å². The summed E-state index contributed by atoms with van der Waals surface area (Å²) in [5.74, 6) is 0.221. The number of benzene rings is 1. The Bertz CT molecular complexity index is 692. The number of hydrogen-bond donors (Lipinski definition) is 0. The first-order chi connectivity index (χ1) is 10.1. The largest absolute Gasteiger partial charge is 0.383 e. The highest BCUT2D eigenvalue weighted by atomic mass is 35.5. The van der Waals surface area contributed by atoms with Crippen molar-refractivity contribution in [1.82, 2.24) is 4.57 Å². The number of hydrogen-bond acceptors (Lipinski definition) is 2. The minimum absolute atomic E-state index is 0.0421. The Labute approximate surface area is 130 Å². The zero-order valence-corrected chi connectivity index (χ0v) is 13.4. The molecule has 3 nitrogen and oxygen atoms in total. The molecule has 0 aliphatic rings. The average Bonchev–Trinajstić information content (AvgIpc) is 2.46. The lowest BCUT2D eigenvalue weighted by Gasteiger charge is -2.16. The Morgan fingerprint density at radius 2 is 1.95 bits per heavy atom. The summed E-state index contributed by atoms with van der Waals surface area (Å²) in [7, 11) is 1.63. The van der Waals surface area contributed by atoms with Crippen LogP contribution in [-0.4, -0.2) is 18.3 Å².